The Morgan fingerprint density at radius 1 is 1.12 bits per heavy atom. The second-order valence-corrected chi connectivity index (χ2v) is 11.3. The van der Waals surface area contributed by atoms with Crippen molar-refractivity contribution in [2.24, 2.45) is 5.92 Å². The third kappa shape index (κ3) is 4.91. The third-order valence-corrected chi connectivity index (χ3v) is 9.06. The van der Waals surface area contributed by atoms with Crippen LogP contribution in [0.5, 0.6) is 0 Å². The first kappa shape index (κ1) is 23.5. The lowest BCUT2D eigenvalue weighted by Crippen LogP contribution is -2.46. The van der Waals surface area contributed by atoms with Crippen LogP contribution in [-0.4, -0.2) is 86.0 Å². The molecule has 3 aromatic rings. The summed E-state index contributed by atoms with van der Waals surface area (Å²) in [7, 11) is -1.66. The summed E-state index contributed by atoms with van der Waals surface area (Å²) in [5, 5.41) is 2.17. The molecule has 1 N–H and O–H groups in total. The number of H-pyrrole nitrogens is 1. The minimum Gasteiger partial charge on any atom is -0.382 e. The van der Waals surface area contributed by atoms with Crippen molar-refractivity contribution >= 4 is 37.6 Å². The number of sulfonamides is 1. The van der Waals surface area contributed by atoms with E-state index < -0.39 is 10.0 Å². The summed E-state index contributed by atoms with van der Waals surface area (Å²) in [5.41, 5.74) is 2.88. The molecule has 34 heavy (non-hydrogen) atoms. The Labute approximate surface area is 200 Å². The molecule has 0 spiro atoms. The number of aromatic nitrogens is 3. The standard InChI is InChI=1S/C24H33N5O4S/c1-32-13-14-33-19-3-2-10-29(16-19)34(30,31)17-18-6-11-28(12-7-18)22-5-9-25-21-15-27-24-20(23(21)22)4-8-26-24/h4-5,8-9,15,18-19H,2-3,6-7,10-14,16-17H2,1H3,(H,26,27). The van der Waals surface area contributed by atoms with Gasteiger partial charge in [-0.15, -0.1) is 0 Å². The summed E-state index contributed by atoms with van der Waals surface area (Å²) < 4.78 is 38.9. The average Bonchev–Trinajstić information content (AvgIpc) is 3.34. The van der Waals surface area contributed by atoms with Crippen LogP contribution in [0.4, 0.5) is 5.69 Å². The molecule has 5 heterocycles. The molecule has 0 saturated carbocycles. The van der Waals surface area contributed by atoms with Gasteiger partial charge in [0.1, 0.15) is 5.65 Å². The number of nitrogens with zero attached hydrogens (tertiary/aromatic N) is 4. The van der Waals surface area contributed by atoms with Crippen molar-refractivity contribution in [1.82, 2.24) is 19.3 Å². The van der Waals surface area contributed by atoms with Gasteiger partial charge in [-0.05, 0) is 43.7 Å². The lowest BCUT2D eigenvalue weighted by molar-refractivity contribution is -0.00657. The van der Waals surface area contributed by atoms with Crippen molar-refractivity contribution < 1.29 is 17.9 Å². The van der Waals surface area contributed by atoms with Crippen LogP contribution < -0.4 is 4.90 Å². The lowest BCUT2D eigenvalue weighted by Gasteiger charge is -2.36. The number of fused-ring (bicyclic) bond motifs is 3. The maximum absolute atomic E-state index is 13.2. The molecule has 1 atom stereocenters. The molecule has 2 saturated heterocycles. The monoisotopic (exact) mass is 487 g/mol. The van der Waals surface area contributed by atoms with Crippen molar-refractivity contribution in [3.63, 3.8) is 0 Å². The zero-order valence-corrected chi connectivity index (χ0v) is 20.5. The normalized spacial score (nSPS) is 21.0. The van der Waals surface area contributed by atoms with Crippen LogP contribution in [0.2, 0.25) is 0 Å². The summed E-state index contributed by atoms with van der Waals surface area (Å²) in [6.07, 6.45) is 8.94. The Bertz CT molecular complexity index is 1220. The molecule has 0 amide bonds. The molecular weight excluding hydrogens is 454 g/mol. The van der Waals surface area contributed by atoms with Crippen molar-refractivity contribution in [2.45, 2.75) is 31.8 Å². The quantitative estimate of drug-likeness (QED) is 0.488. The molecule has 0 aliphatic carbocycles. The first-order valence-electron chi connectivity index (χ1n) is 12.1. The van der Waals surface area contributed by atoms with E-state index in [-0.39, 0.29) is 17.8 Å². The molecule has 184 valence electrons. The summed E-state index contributed by atoms with van der Waals surface area (Å²) in [6, 6.07) is 4.10. The fraction of sp³-hybridized carbons (Fsp3) is 0.583. The smallest absolute Gasteiger partial charge is 0.214 e. The molecule has 1 unspecified atom stereocenters. The van der Waals surface area contributed by atoms with Gasteiger partial charge in [0.2, 0.25) is 10.0 Å². The van der Waals surface area contributed by atoms with Gasteiger partial charge in [-0.2, -0.15) is 4.31 Å². The summed E-state index contributed by atoms with van der Waals surface area (Å²) in [6.45, 7) is 3.74. The average molecular weight is 488 g/mol. The number of hydrogen-bond acceptors (Lipinski definition) is 7. The van der Waals surface area contributed by atoms with E-state index in [1.54, 1.807) is 11.4 Å². The number of rotatable bonds is 8. The molecule has 2 fully saturated rings. The fourth-order valence-electron chi connectivity index (χ4n) is 5.24. The molecule has 0 radical (unpaired) electrons. The summed E-state index contributed by atoms with van der Waals surface area (Å²) in [5.74, 6) is 0.382. The van der Waals surface area contributed by atoms with Crippen molar-refractivity contribution in [2.75, 3.05) is 57.2 Å². The Balaban J connectivity index is 1.22. The minimum absolute atomic E-state index is 0.0414. The van der Waals surface area contributed by atoms with Gasteiger partial charge in [0.05, 0.1) is 36.8 Å². The van der Waals surface area contributed by atoms with Crippen LogP contribution in [0, 0.1) is 5.92 Å². The number of nitrogens with one attached hydrogen (secondary N) is 1. The number of pyridine rings is 2. The first-order valence-corrected chi connectivity index (χ1v) is 13.7. The molecule has 0 bridgehead atoms. The molecule has 0 aromatic carbocycles. The Kier molecular flexibility index (Phi) is 7.01. The number of piperidine rings is 2. The predicted octanol–water partition coefficient (Wildman–Crippen LogP) is 2.78. The van der Waals surface area contributed by atoms with Gasteiger partial charge in [0.25, 0.3) is 0 Å². The highest BCUT2D eigenvalue weighted by Gasteiger charge is 2.33. The van der Waals surface area contributed by atoms with Crippen LogP contribution in [0.1, 0.15) is 25.7 Å². The van der Waals surface area contributed by atoms with Crippen molar-refractivity contribution in [3.05, 3.63) is 30.7 Å². The van der Waals surface area contributed by atoms with Gasteiger partial charge >= 0.3 is 0 Å². The molecule has 3 aromatic heterocycles. The number of anilines is 1. The van der Waals surface area contributed by atoms with Gasteiger partial charge in [-0.3, -0.25) is 4.98 Å². The molecule has 5 rings (SSSR count). The number of methoxy groups -OCH3 is 1. The predicted molar refractivity (Wildman–Crippen MR) is 133 cm³/mol. The molecule has 9 nitrogen and oxygen atoms in total. The van der Waals surface area contributed by atoms with E-state index in [4.69, 9.17) is 9.47 Å². The van der Waals surface area contributed by atoms with E-state index in [9.17, 15) is 8.42 Å². The maximum atomic E-state index is 13.2. The Morgan fingerprint density at radius 2 is 1.97 bits per heavy atom. The summed E-state index contributed by atoms with van der Waals surface area (Å²) >= 11 is 0. The van der Waals surface area contributed by atoms with E-state index in [1.807, 2.05) is 24.7 Å². The fourth-order valence-corrected chi connectivity index (χ4v) is 7.18. The number of hydrogen-bond donors (Lipinski definition) is 1. The van der Waals surface area contributed by atoms with Crippen LogP contribution >= 0.6 is 0 Å². The maximum Gasteiger partial charge on any atom is 0.214 e. The van der Waals surface area contributed by atoms with E-state index >= 15 is 0 Å². The van der Waals surface area contributed by atoms with Gasteiger partial charge < -0.3 is 19.4 Å². The van der Waals surface area contributed by atoms with Gasteiger partial charge in [0.15, 0.2) is 0 Å². The van der Waals surface area contributed by atoms with Crippen LogP contribution in [0.25, 0.3) is 21.9 Å². The topological polar surface area (TPSA) is 101 Å². The second-order valence-electron chi connectivity index (χ2n) is 9.28. The van der Waals surface area contributed by atoms with Crippen molar-refractivity contribution in [1.29, 1.82) is 0 Å². The van der Waals surface area contributed by atoms with Gasteiger partial charge in [0, 0.05) is 62.1 Å². The first-order chi connectivity index (χ1) is 16.5. The summed E-state index contributed by atoms with van der Waals surface area (Å²) in [4.78, 5) is 14.5. The number of ether oxygens (including phenoxy) is 2. The Morgan fingerprint density at radius 3 is 2.79 bits per heavy atom. The third-order valence-electron chi connectivity index (χ3n) is 7.05. The van der Waals surface area contributed by atoms with E-state index in [2.05, 4.69) is 25.9 Å². The van der Waals surface area contributed by atoms with Crippen LogP contribution in [0.15, 0.2) is 30.7 Å². The van der Waals surface area contributed by atoms with E-state index in [1.165, 1.54) is 0 Å². The molecule has 2 aliphatic heterocycles. The van der Waals surface area contributed by atoms with Crippen LogP contribution in [-0.2, 0) is 19.5 Å². The number of aromatic amines is 1. The van der Waals surface area contributed by atoms with Gasteiger partial charge in [-0.25, -0.2) is 13.4 Å². The largest absolute Gasteiger partial charge is 0.382 e. The SMILES string of the molecule is COCCOC1CCCN(S(=O)(=O)CC2CCN(c3ccnc4cnc5[nH]ccc5c34)CC2)C1. The van der Waals surface area contributed by atoms with E-state index in [0.717, 1.165) is 66.4 Å². The lowest BCUT2D eigenvalue weighted by atomic mass is 9.98. The molecule has 10 heteroatoms. The van der Waals surface area contributed by atoms with Gasteiger partial charge in [-0.1, -0.05) is 0 Å². The Hall–Kier alpha value is -2.27. The molecular formula is C24H33N5O4S. The zero-order chi connectivity index (χ0) is 23.5. The molecule has 2 aliphatic rings. The highest BCUT2D eigenvalue weighted by atomic mass is 32.2. The highest BCUT2D eigenvalue weighted by molar-refractivity contribution is 7.89. The highest BCUT2D eigenvalue weighted by Crippen LogP contribution is 2.34. The van der Waals surface area contributed by atoms with Crippen LogP contribution in [0.3, 0.4) is 0 Å². The van der Waals surface area contributed by atoms with E-state index in [0.29, 0.717) is 26.3 Å². The zero-order valence-electron chi connectivity index (χ0n) is 19.6. The second kappa shape index (κ2) is 10.2. The van der Waals surface area contributed by atoms with Crippen molar-refractivity contribution in [3.8, 4) is 0 Å². The minimum atomic E-state index is -3.30.